The highest BCUT2D eigenvalue weighted by atomic mass is 16.6. The van der Waals surface area contributed by atoms with Crippen LogP contribution < -0.4 is 32.6 Å². The first-order valence-electron chi connectivity index (χ1n) is 35.8. The maximum atomic E-state index is 12.6. The first-order valence-corrected chi connectivity index (χ1v) is 35.8. The molecule has 0 spiro atoms. The molecule has 9 N–H and O–H groups in total. The quantitative estimate of drug-likeness (QED) is 0.0527. The van der Waals surface area contributed by atoms with E-state index in [2.05, 4.69) is 101 Å². The van der Waals surface area contributed by atoms with Crippen molar-refractivity contribution in [2.75, 3.05) is 37.8 Å². The molecule has 1 amide bonds. The van der Waals surface area contributed by atoms with E-state index in [1.54, 1.807) is 89.1 Å². The van der Waals surface area contributed by atoms with E-state index in [1.807, 2.05) is 139 Å². The summed E-state index contributed by atoms with van der Waals surface area (Å²) in [6, 6.07) is 45.6. The van der Waals surface area contributed by atoms with Crippen molar-refractivity contribution in [3.63, 3.8) is 0 Å². The van der Waals surface area contributed by atoms with Crippen LogP contribution in [0, 0.1) is 27.7 Å². The molecule has 560 valence electrons. The van der Waals surface area contributed by atoms with E-state index in [9.17, 15) is 24.0 Å². The number of carbonyl (C=O) groups excluding carboxylic acids is 3. The molecule has 0 saturated heterocycles. The van der Waals surface area contributed by atoms with Gasteiger partial charge < -0.3 is 45.9 Å². The minimum absolute atomic E-state index is 0.119. The molecule has 7 aromatic heterocycles. The number of rotatable bonds is 13. The van der Waals surface area contributed by atoms with Crippen molar-refractivity contribution in [3.05, 3.63) is 219 Å². The average Bonchev–Trinajstić information content (AvgIpc) is 1.74. The maximum Gasteiger partial charge on any atom is 0.435 e. The van der Waals surface area contributed by atoms with Crippen molar-refractivity contribution in [1.29, 1.82) is 0 Å². The number of nitrogens with one attached hydrogen (secondary N) is 5. The standard InChI is InChI=1S/C30H40N6O2.C21H20N4O3.C16H12N4O.C8H8N2O.C8H10N2O/c1-8-35(9-2)17-11-13-21(4)32-28-24-14-10-12-20(3)26(24)33-27(34-28)22-15-16-25-23(18-22)19-31-36(25)29(37)38-30(5,6)7;1-12-6-5-7-15-17(12)23-18(24-19(15)26)13-8-9-16-14(10-13)11-22-25(16)20(27)28-21(2,3)4;1-9-3-2-4-12-14(9)18-15(19-16(12)21)10-5-6-13-11(7-10)8-17-20-13;1-11-7-2-3-8-6(4-7)5-9-10-8;1-5-3-2-4-6(7(5)9)8(10)11/h10,12,14-16,18-19,21H,8-9,11,13,17H2,1-7H3,(H,32,33,34);5-11H,1-4H3,(H,23,24,26);2-8H,1H3,(H,17,20)(H,18,19,21);2-5H,1H3,(H,9,10);2-4H,9H2,1H3,(H2,10,11). The number of methoxy groups -OCH3 is 1. The molecule has 0 aliphatic carbocycles. The number of hydrogen-bond acceptors (Lipinski definition) is 19. The fraction of sp³-hybridized carbons (Fsp3) is 0.265. The molecule has 8 aromatic carbocycles. The number of nitrogens with two attached hydrogens (primary N) is 2. The van der Waals surface area contributed by atoms with Gasteiger partial charge in [0.2, 0.25) is 0 Å². The third kappa shape index (κ3) is 18.5. The first-order chi connectivity index (χ1) is 52.1. The van der Waals surface area contributed by atoms with Gasteiger partial charge in [-0.15, -0.1) is 0 Å². The van der Waals surface area contributed by atoms with Gasteiger partial charge in [-0.2, -0.15) is 29.8 Å². The number of benzene rings is 8. The number of nitrogens with zero attached hydrogens (tertiary/aromatic N) is 11. The molecule has 1 atom stereocenters. The van der Waals surface area contributed by atoms with Crippen LogP contribution in [-0.2, 0) is 9.47 Å². The maximum absolute atomic E-state index is 12.6. The lowest BCUT2D eigenvalue weighted by Crippen LogP contribution is -2.27. The second-order valence-corrected chi connectivity index (χ2v) is 28.4. The van der Waals surface area contributed by atoms with E-state index in [-0.39, 0.29) is 17.2 Å². The van der Waals surface area contributed by atoms with Crippen molar-refractivity contribution < 1.29 is 28.6 Å². The van der Waals surface area contributed by atoms with Crippen molar-refractivity contribution in [2.45, 2.75) is 120 Å². The fourth-order valence-corrected chi connectivity index (χ4v) is 12.2. The smallest absolute Gasteiger partial charge is 0.435 e. The van der Waals surface area contributed by atoms with Crippen LogP contribution in [0.4, 0.5) is 21.1 Å². The average molecular weight is 1470 g/mol. The largest absolute Gasteiger partial charge is 0.497 e. The summed E-state index contributed by atoms with van der Waals surface area (Å²) in [6.45, 7) is 28.6. The van der Waals surface area contributed by atoms with E-state index < -0.39 is 29.3 Å². The number of para-hydroxylation sites is 4. The van der Waals surface area contributed by atoms with Crippen LogP contribution in [0.2, 0.25) is 0 Å². The van der Waals surface area contributed by atoms with Crippen LogP contribution in [0.15, 0.2) is 180 Å². The summed E-state index contributed by atoms with van der Waals surface area (Å²) in [4.78, 5) is 87.6. The number of amides is 1. The van der Waals surface area contributed by atoms with E-state index in [4.69, 9.17) is 35.6 Å². The van der Waals surface area contributed by atoms with Crippen LogP contribution in [0.1, 0.15) is 108 Å². The Bertz CT molecular complexity index is 5950. The Morgan fingerprint density at radius 2 is 1.01 bits per heavy atom. The number of aromatic amines is 4. The number of primary amides is 1. The summed E-state index contributed by atoms with van der Waals surface area (Å²) in [5.41, 5.74) is 22.0. The number of carbonyl (C=O) groups is 3. The number of aromatic nitrogens is 14. The molecule has 109 heavy (non-hydrogen) atoms. The summed E-state index contributed by atoms with van der Waals surface area (Å²) < 4.78 is 18.5. The fourth-order valence-electron chi connectivity index (χ4n) is 12.2. The third-order valence-electron chi connectivity index (χ3n) is 17.9. The van der Waals surface area contributed by atoms with E-state index in [0.29, 0.717) is 56.0 Å². The molecule has 26 nitrogen and oxygen atoms in total. The van der Waals surface area contributed by atoms with Crippen LogP contribution in [0.25, 0.3) is 110 Å². The lowest BCUT2D eigenvalue weighted by molar-refractivity contribution is 0.0511. The normalized spacial score (nSPS) is 11.7. The molecule has 0 radical (unpaired) electrons. The zero-order valence-electron chi connectivity index (χ0n) is 63.6. The van der Waals surface area contributed by atoms with Gasteiger partial charge in [-0.1, -0.05) is 62.4 Å². The van der Waals surface area contributed by atoms with Crippen molar-refractivity contribution >= 4 is 106 Å². The zero-order chi connectivity index (χ0) is 78.0. The van der Waals surface area contributed by atoms with Crippen LogP contribution in [-0.4, -0.2) is 137 Å². The van der Waals surface area contributed by atoms with E-state index >= 15 is 0 Å². The lowest BCUT2D eigenvalue weighted by Gasteiger charge is -2.21. The minimum Gasteiger partial charge on any atom is -0.497 e. The summed E-state index contributed by atoms with van der Waals surface area (Å²) in [6.07, 6.45) is 7.94. The predicted molar refractivity (Wildman–Crippen MR) is 431 cm³/mol. The van der Waals surface area contributed by atoms with Crippen molar-refractivity contribution in [1.82, 2.24) is 74.8 Å². The second-order valence-electron chi connectivity index (χ2n) is 28.4. The molecule has 0 aliphatic rings. The van der Waals surface area contributed by atoms with Gasteiger partial charge in [-0.05, 0) is 228 Å². The second kappa shape index (κ2) is 33.2. The molecule has 1 unspecified atom stereocenters. The Morgan fingerprint density at radius 3 is 1.51 bits per heavy atom. The molecule has 15 rings (SSSR count). The van der Waals surface area contributed by atoms with Crippen LogP contribution in [0.5, 0.6) is 5.75 Å². The Balaban J connectivity index is 0.000000146. The number of aryl methyl sites for hydroxylation is 4. The molecule has 0 fully saturated rings. The summed E-state index contributed by atoms with van der Waals surface area (Å²) in [7, 11) is 1.65. The number of H-pyrrole nitrogens is 4. The van der Waals surface area contributed by atoms with E-state index in [0.717, 1.165) is 132 Å². The number of nitrogen functional groups attached to an aromatic ring is 1. The van der Waals surface area contributed by atoms with Crippen LogP contribution in [0.3, 0.4) is 0 Å². The zero-order valence-corrected chi connectivity index (χ0v) is 63.6. The highest BCUT2D eigenvalue weighted by molar-refractivity contribution is 5.99. The molecule has 15 aromatic rings. The predicted octanol–water partition coefficient (Wildman–Crippen LogP) is 15.7. The summed E-state index contributed by atoms with van der Waals surface area (Å²) in [5.74, 6) is 2.90. The first kappa shape index (κ1) is 77.1. The monoisotopic (exact) mass is 1470 g/mol. The van der Waals surface area contributed by atoms with Gasteiger partial charge in [0, 0.05) is 55.4 Å². The van der Waals surface area contributed by atoms with Gasteiger partial charge in [0.05, 0.1) is 86.8 Å². The molecule has 0 bridgehead atoms. The third-order valence-corrected chi connectivity index (χ3v) is 17.9. The Hall–Kier alpha value is -13.0. The summed E-state index contributed by atoms with van der Waals surface area (Å²) >= 11 is 0. The topological polar surface area (TPSA) is 356 Å². The van der Waals surface area contributed by atoms with Gasteiger partial charge in [0.15, 0.2) is 5.82 Å². The molecular weight excluding hydrogens is 1380 g/mol. The van der Waals surface area contributed by atoms with Crippen molar-refractivity contribution in [3.8, 4) is 39.9 Å². The molecular formula is C83H90N18O8. The number of ether oxygens (including phenoxy) is 3. The molecule has 0 aliphatic heterocycles. The van der Waals surface area contributed by atoms with Gasteiger partial charge >= 0.3 is 12.2 Å². The molecule has 7 heterocycles. The number of anilines is 2. The summed E-state index contributed by atoms with van der Waals surface area (Å²) in [5, 5.41) is 31.6. The minimum atomic E-state index is -0.609. The number of hydrogen-bond donors (Lipinski definition) is 7. The van der Waals surface area contributed by atoms with Gasteiger partial charge in [0.1, 0.15) is 34.4 Å². The number of fused-ring (bicyclic) bond motifs is 7. The lowest BCUT2D eigenvalue weighted by atomic mass is 10.1. The van der Waals surface area contributed by atoms with Crippen molar-refractivity contribution in [2.24, 2.45) is 5.73 Å². The Morgan fingerprint density at radius 1 is 0.550 bits per heavy atom. The van der Waals surface area contributed by atoms with Gasteiger partial charge in [0.25, 0.3) is 17.0 Å². The molecule has 26 heteroatoms. The van der Waals surface area contributed by atoms with E-state index in [1.165, 1.54) is 9.36 Å². The van der Waals surface area contributed by atoms with Gasteiger partial charge in [-0.3, -0.25) is 24.6 Å². The van der Waals surface area contributed by atoms with Crippen LogP contribution >= 0.6 is 0 Å². The highest BCUT2D eigenvalue weighted by Crippen LogP contribution is 2.32. The van der Waals surface area contributed by atoms with Gasteiger partial charge in [-0.25, -0.2) is 29.5 Å². The SMILES string of the molecule is CCN(CC)CCCC(C)Nc1nc(-c2ccc3c(cnn3C(=O)OC(C)(C)C)c2)nc2c(C)cccc12.COc1ccc2[nH]ncc2c1.Cc1cccc(C(N)=O)c1N.Cc1cccc2c(=O)[nH]c(-c3ccc4[nH]ncc4c3)nc12.Cc1cccc2c(=O)[nH]c(-c3ccc4c(cnn4C(=O)OC(C)(C)C)c3)nc12. The molecule has 0 saturated carbocycles. The Kier molecular flexibility index (Phi) is 23.5. The highest BCUT2D eigenvalue weighted by Gasteiger charge is 2.24. The Labute approximate surface area is 628 Å².